The van der Waals surface area contributed by atoms with Gasteiger partial charge in [0.25, 0.3) is 5.69 Å². The number of piperazine rings is 1. The van der Waals surface area contributed by atoms with E-state index in [0.717, 1.165) is 48.2 Å². The largest absolute Gasteiger partial charge is 0.460 e. The maximum Gasteiger partial charge on any atom is 0.423 e. The molecule has 0 bridgehead atoms. The zero-order valence-electron chi connectivity index (χ0n) is 23.1. The molecule has 226 valence electrons. The molecule has 2 aliphatic rings. The normalized spacial score (nSPS) is 21.4. The Kier molecular flexibility index (Phi) is 9.07. The van der Waals surface area contributed by atoms with Crippen molar-refractivity contribution in [1.29, 1.82) is 0 Å². The summed E-state index contributed by atoms with van der Waals surface area (Å²) in [6, 6.07) is 10.6. The summed E-state index contributed by atoms with van der Waals surface area (Å²) in [5.74, 6) is 0.856. The number of hydrogen-bond donors (Lipinski definition) is 0. The Labute approximate surface area is 245 Å². The average Bonchev–Trinajstić information content (AvgIpc) is 3.36. The minimum Gasteiger partial charge on any atom is -0.460 e. The number of nitrogens with zero attached hydrogens (tertiary/aromatic N) is 4. The predicted molar refractivity (Wildman–Crippen MR) is 152 cm³/mol. The Balaban J connectivity index is 1.11. The maximum atomic E-state index is 13.4. The van der Waals surface area contributed by atoms with Crippen molar-refractivity contribution >= 4 is 40.2 Å². The lowest BCUT2D eigenvalue weighted by molar-refractivity contribution is -0.388. The lowest BCUT2D eigenvalue weighted by atomic mass is 9.91. The minimum atomic E-state index is -4.83. The van der Waals surface area contributed by atoms with E-state index < -0.39 is 28.6 Å². The molecule has 1 aliphatic carbocycles. The molecule has 2 heterocycles. The van der Waals surface area contributed by atoms with Gasteiger partial charge in [-0.15, -0.1) is 0 Å². The molecule has 0 spiro atoms. The summed E-state index contributed by atoms with van der Waals surface area (Å²) in [5, 5.41) is 12.7. The van der Waals surface area contributed by atoms with Gasteiger partial charge in [0.1, 0.15) is 16.9 Å². The molecule has 0 amide bonds. The van der Waals surface area contributed by atoms with Crippen LogP contribution in [0.2, 0.25) is 5.02 Å². The summed E-state index contributed by atoms with van der Waals surface area (Å²) in [4.78, 5) is 28.1. The van der Waals surface area contributed by atoms with Crippen molar-refractivity contribution in [2.75, 3.05) is 38.1 Å². The maximum absolute atomic E-state index is 13.4. The van der Waals surface area contributed by atoms with E-state index in [1.165, 1.54) is 6.07 Å². The van der Waals surface area contributed by atoms with Gasteiger partial charge in [-0.25, -0.2) is 0 Å². The fraction of sp³-hybridized carbons (Fsp3) is 0.483. The standard InChI is InChI=1S/C29H32ClF3N4O5/c1-34(22-5-8-26(37(39)40)25(16-22)29(31,32)33)21-3-6-23(7-4-21)42-28(18-38)36-12-10-35(11-13-36)17-24-15-19-14-20(30)2-9-27(19)41-24/h2,5,8-9,14-16,18,21,23,28H,3-4,6-7,10-13,17H2,1H3. The third-order valence-corrected chi connectivity index (χ3v) is 8.44. The summed E-state index contributed by atoms with van der Waals surface area (Å²) in [7, 11) is 1.70. The van der Waals surface area contributed by atoms with Crippen molar-refractivity contribution in [3.8, 4) is 0 Å². The van der Waals surface area contributed by atoms with Gasteiger partial charge in [-0.2, -0.15) is 13.2 Å². The van der Waals surface area contributed by atoms with E-state index in [0.29, 0.717) is 50.3 Å². The molecule has 5 rings (SSSR count). The van der Waals surface area contributed by atoms with E-state index in [2.05, 4.69) is 4.90 Å². The second-order valence-corrected chi connectivity index (χ2v) is 11.3. The summed E-state index contributed by atoms with van der Waals surface area (Å²) >= 11 is 6.07. The molecule has 1 saturated heterocycles. The van der Waals surface area contributed by atoms with E-state index in [4.69, 9.17) is 20.8 Å². The highest BCUT2D eigenvalue weighted by atomic mass is 35.5. The zero-order chi connectivity index (χ0) is 30.0. The van der Waals surface area contributed by atoms with Crippen LogP contribution in [0.1, 0.15) is 37.0 Å². The number of benzene rings is 2. The summed E-state index contributed by atoms with van der Waals surface area (Å²) < 4.78 is 52.5. The van der Waals surface area contributed by atoms with Gasteiger partial charge in [-0.1, -0.05) is 11.6 Å². The first-order chi connectivity index (χ1) is 20.0. The second kappa shape index (κ2) is 12.6. The number of alkyl halides is 3. The van der Waals surface area contributed by atoms with Crippen LogP contribution in [0.25, 0.3) is 11.0 Å². The van der Waals surface area contributed by atoms with Gasteiger partial charge in [-0.05, 0) is 62.1 Å². The van der Waals surface area contributed by atoms with Crippen LogP contribution in [-0.2, 0) is 22.3 Å². The highest BCUT2D eigenvalue weighted by molar-refractivity contribution is 6.31. The second-order valence-electron chi connectivity index (χ2n) is 10.9. The van der Waals surface area contributed by atoms with Crippen molar-refractivity contribution in [3.63, 3.8) is 0 Å². The van der Waals surface area contributed by atoms with Crippen molar-refractivity contribution in [2.45, 2.75) is 56.8 Å². The number of carbonyl (C=O) groups excluding carboxylic acids is 1. The molecule has 1 unspecified atom stereocenters. The van der Waals surface area contributed by atoms with Crippen LogP contribution in [-0.4, -0.2) is 72.6 Å². The molecule has 2 fully saturated rings. The first kappa shape index (κ1) is 30.3. The Morgan fingerprint density at radius 3 is 2.48 bits per heavy atom. The number of hydrogen-bond acceptors (Lipinski definition) is 8. The van der Waals surface area contributed by atoms with E-state index in [-0.39, 0.29) is 17.8 Å². The van der Waals surface area contributed by atoms with Gasteiger partial charge in [0.15, 0.2) is 12.5 Å². The molecule has 9 nitrogen and oxygen atoms in total. The fourth-order valence-corrected chi connectivity index (χ4v) is 6.03. The Hall–Kier alpha value is -3.19. The minimum absolute atomic E-state index is 0.0557. The summed E-state index contributed by atoms with van der Waals surface area (Å²) in [6.07, 6.45) is -2.21. The molecule has 2 aromatic carbocycles. The van der Waals surface area contributed by atoms with Crippen LogP contribution in [0.15, 0.2) is 46.9 Å². The van der Waals surface area contributed by atoms with Crippen LogP contribution in [0.3, 0.4) is 0 Å². The first-order valence-corrected chi connectivity index (χ1v) is 14.2. The molecular formula is C29H32ClF3N4O5. The number of halogens is 4. The number of ether oxygens (including phenoxy) is 1. The van der Waals surface area contributed by atoms with Gasteiger partial charge in [-0.3, -0.25) is 24.7 Å². The number of furan rings is 1. The molecule has 1 saturated carbocycles. The fourth-order valence-electron chi connectivity index (χ4n) is 5.85. The van der Waals surface area contributed by atoms with Crippen molar-refractivity contribution in [3.05, 3.63) is 68.9 Å². The van der Waals surface area contributed by atoms with Gasteiger partial charge >= 0.3 is 6.18 Å². The third-order valence-electron chi connectivity index (χ3n) is 8.20. The first-order valence-electron chi connectivity index (χ1n) is 13.9. The molecule has 1 aliphatic heterocycles. The number of carbonyl (C=O) groups is 1. The number of aldehydes is 1. The zero-order valence-corrected chi connectivity index (χ0v) is 23.8. The smallest absolute Gasteiger partial charge is 0.423 e. The van der Waals surface area contributed by atoms with Crippen LogP contribution >= 0.6 is 11.6 Å². The molecule has 0 N–H and O–H groups in total. The number of nitro benzene ring substituents is 1. The van der Waals surface area contributed by atoms with Crippen LogP contribution < -0.4 is 4.90 Å². The average molecular weight is 609 g/mol. The van der Waals surface area contributed by atoms with Crippen LogP contribution in [0, 0.1) is 10.1 Å². The number of anilines is 1. The Morgan fingerprint density at radius 1 is 1.12 bits per heavy atom. The molecule has 13 heteroatoms. The molecule has 0 radical (unpaired) electrons. The van der Waals surface area contributed by atoms with Gasteiger partial charge in [0, 0.05) is 61.4 Å². The Morgan fingerprint density at radius 2 is 1.83 bits per heavy atom. The molecule has 1 aromatic heterocycles. The van der Waals surface area contributed by atoms with Crippen LogP contribution in [0.4, 0.5) is 24.5 Å². The van der Waals surface area contributed by atoms with E-state index >= 15 is 0 Å². The molecule has 42 heavy (non-hydrogen) atoms. The van der Waals surface area contributed by atoms with Crippen LogP contribution in [0.5, 0.6) is 0 Å². The topological polar surface area (TPSA) is 92.3 Å². The van der Waals surface area contributed by atoms with Crippen molar-refractivity contribution in [1.82, 2.24) is 9.80 Å². The van der Waals surface area contributed by atoms with E-state index in [1.54, 1.807) is 18.0 Å². The van der Waals surface area contributed by atoms with Gasteiger partial charge < -0.3 is 14.1 Å². The van der Waals surface area contributed by atoms with Gasteiger partial charge in [0.05, 0.1) is 17.6 Å². The van der Waals surface area contributed by atoms with Crippen molar-refractivity contribution in [2.24, 2.45) is 0 Å². The quantitative estimate of drug-likeness (QED) is 0.163. The highest BCUT2D eigenvalue weighted by Gasteiger charge is 2.39. The van der Waals surface area contributed by atoms with E-state index in [1.807, 2.05) is 23.1 Å². The lowest BCUT2D eigenvalue weighted by Crippen LogP contribution is -2.52. The number of fused-ring (bicyclic) bond motifs is 1. The summed E-state index contributed by atoms with van der Waals surface area (Å²) in [6.45, 7) is 3.48. The SMILES string of the molecule is CN(c1ccc([N+](=O)[O-])c(C(F)(F)F)c1)C1CCC(OC(C=O)N2CCN(Cc3cc4cc(Cl)ccc4o3)CC2)CC1. The lowest BCUT2D eigenvalue weighted by Gasteiger charge is -2.40. The van der Waals surface area contributed by atoms with Crippen molar-refractivity contribution < 1.29 is 32.0 Å². The predicted octanol–water partition coefficient (Wildman–Crippen LogP) is 6.12. The third kappa shape index (κ3) is 6.88. The molecule has 3 aromatic rings. The summed E-state index contributed by atoms with van der Waals surface area (Å²) in [5.41, 5.74) is -1.16. The molecule has 1 atom stereocenters. The molecular weight excluding hydrogens is 577 g/mol. The number of nitro groups is 1. The highest BCUT2D eigenvalue weighted by Crippen LogP contribution is 2.39. The number of rotatable bonds is 9. The monoisotopic (exact) mass is 608 g/mol. The van der Waals surface area contributed by atoms with E-state index in [9.17, 15) is 28.1 Å². The van der Waals surface area contributed by atoms with Gasteiger partial charge in [0.2, 0.25) is 0 Å². The Bertz CT molecular complexity index is 1420.